The Morgan fingerprint density at radius 2 is 1.76 bits per heavy atom. The molecule has 0 fully saturated rings. The van der Waals surface area contributed by atoms with Gasteiger partial charge >= 0.3 is 0 Å². The monoisotopic (exact) mass is 278 g/mol. The highest BCUT2D eigenvalue weighted by Gasteiger charge is 2.19. The number of benzene rings is 1. The topological polar surface area (TPSA) is 16.8 Å². The van der Waals surface area contributed by atoms with Crippen molar-refractivity contribution in [3.05, 3.63) is 72.2 Å². The van der Waals surface area contributed by atoms with Crippen LogP contribution < -0.4 is 4.57 Å². The van der Waals surface area contributed by atoms with Crippen LogP contribution in [0.4, 0.5) is 0 Å². The van der Waals surface area contributed by atoms with Crippen LogP contribution in [-0.4, -0.2) is 4.98 Å². The van der Waals surface area contributed by atoms with E-state index in [9.17, 15) is 0 Å². The molecule has 0 aliphatic rings. The molecule has 21 heavy (non-hydrogen) atoms. The lowest BCUT2D eigenvalue weighted by atomic mass is 9.94. The molecular weight excluding hydrogens is 256 g/mol. The summed E-state index contributed by atoms with van der Waals surface area (Å²) in [6, 6.07) is 13.1. The van der Waals surface area contributed by atoms with Gasteiger partial charge in [0.25, 0.3) is 0 Å². The van der Waals surface area contributed by atoms with Crippen LogP contribution >= 0.6 is 0 Å². The molecule has 0 spiro atoms. The standard InChI is InChI=1S/C19H19N2/c1-14-7-4-5-8-16(14)18-9-6-12-21(3)19(18)17-10-11-20-13-15(17)2/h4-13H,1-3H3/q+1/i1D3. The van der Waals surface area contributed by atoms with Crippen LogP contribution in [0.2, 0.25) is 0 Å². The van der Waals surface area contributed by atoms with E-state index in [1.165, 1.54) is 0 Å². The largest absolute Gasteiger partial charge is 0.264 e. The Morgan fingerprint density at radius 3 is 2.57 bits per heavy atom. The minimum absolute atomic E-state index is 0.365. The van der Waals surface area contributed by atoms with E-state index in [0.29, 0.717) is 5.56 Å². The molecule has 0 saturated heterocycles. The van der Waals surface area contributed by atoms with E-state index in [1.807, 2.05) is 61.3 Å². The number of aryl methyl sites for hydroxylation is 3. The average Bonchev–Trinajstić information content (AvgIpc) is 2.55. The minimum atomic E-state index is -2.16. The van der Waals surface area contributed by atoms with Crippen LogP contribution in [0.1, 0.15) is 15.2 Å². The summed E-state index contributed by atoms with van der Waals surface area (Å²) in [5.41, 5.74) is 5.08. The van der Waals surface area contributed by atoms with Gasteiger partial charge in [-0.1, -0.05) is 24.3 Å². The Hall–Kier alpha value is -2.48. The number of nitrogens with zero attached hydrogens (tertiary/aromatic N) is 2. The van der Waals surface area contributed by atoms with Gasteiger partial charge in [0.2, 0.25) is 5.69 Å². The molecule has 1 aromatic carbocycles. The molecule has 2 nitrogen and oxygen atoms in total. The molecule has 0 saturated carbocycles. The highest BCUT2D eigenvalue weighted by molar-refractivity contribution is 5.81. The normalized spacial score (nSPS) is 13.3. The lowest BCUT2D eigenvalue weighted by Gasteiger charge is -2.11. The minimum Gasteiger partial charge on any atom is -0.264 e. The molecule has 0 bridgehead atoms. The summed E-state index contributed by atoms with van der Waals surface area (Å²) in [6.45, 7) is -0.148. The number of aromatic nitrogens is 2. The summed E-state index contributed by atoms with van der Waals surface area (Å²) >= 11 is 0. The van der Waals surface area contributed by atoms with Crippen molar-refractivity contribution in [3.63, 3.8) is 0 Å². The molecule has 104 valence electrons. The summed E-state index contributed by atoms with van der Waals surface area (Å²) in [5, 5.41) is 0. The van der Waals surface area contributed by atoms with Gasteiger partial charge in [0.1, 0.15) is 7.05 Å². The van der Waals surface area contributed by atoms with E-state index in [0.717, 1.165) is 27.9 Å². The van der Waals surface area contributed by atoms with Crippen molar-refractivity contribution in [1.29, 1.82) is 0 Å². The Morgan fingerprint density at radius 1 is 0.952 bits per heavy atom. The molecule has 0 aliphatic carbocycles. The van der Waals surface area contributed by atoms with Crippen LogP contribution in [0, 0.1) is 13.8 Å². The number of hydrogen-bond acceptors (Lipinski definition) is 1. The summed E-state index contributed by atoms with van der Waals surface area (Å²) in [6.07, 6.45) is 5.55. The van der Waals surface area contributed by atoms with Crippen molar-refractivity contribution in [2.45, 2.75) is 13.8 Å². The summed E-state index contributed by atoms with van der Waals surface area (Å²) in [7, 11) is 1.97. The second-order valence-electron chi connectivity index (χ2n) is 5.12. The average molecular weight is 278 g/mol. The lowest BCUT2D eigenvalue weighted by Crippen LogP contribution is -2.31. The smallest absolute Gasteiger partial charge is 0.220 e. The summed E-state index contributed by atoms with van der Waals surface area (Å²) < 4.78 is 25.6. The Labute approximate surface area is 130 Å². The maximum absolute atomic E-state index is 7.85. The highest BCUT2D eigenvalue weighted by Crippen LogP contribution is 2.32. The molecule has 0 aliphatic heterocycles. The fraction of sp³-hybridized carbons (Fsp3) is 0.158. The van der Waals surface area contributed by atoms with E-state index in [2.05, 4.69) is 4.98 Å². The summed E-state index contributed by atoms with van der Waals surface area (Å²) in [4.78, 5) is 4.16. The fourth-order valence-corrected chi connectivity index (χ4v) is 2.62. The van der Waals surface area contributed by atoms with E-state index < -0.39 is 6.85 Å². The van der Waals surface area contributed by atoms with Gasteiger partial charge < -0.3 is 0 Å². The van der Waals surface area contributed by atoms with E-state index >= 15 is 0 Å². The van der Waals surface area contributed by atoms with E-state index in [4.69, 9.17) is 4.11 Å². The van der Waals surface area contributed by atoms with Crippen molar-refractivity contribution >= 4 is 0 Å². The van der Waals surface area contributed by atoms with Crippen molar-refractivity contribution < 1.29 is 8.68 Å². The number of rotatable bonds is 2. The third-order valence-electron chi connectivity index (χ3n) is 3.67. The molecular formula is C19H19N2+. The molecule has 3 aromatic rings. The Kier molecular flexibility index (Phi) is 2.68. The second kappa shape index (κ2) is 5.49. The first-order valence-corrected chi connectivity index (χ1v) is 6.89. The van der Waals surface area contributed by atoms with E-state index in [1.54, 1.807) is 18.3 Å². The molecule has 0 N–H and O–H groups in total. The van der Waals surface area contributed by atoms with Crippen molar-refractivity contribution in [3.8, 4) is 22.4 Å². The third kappa shape index (κ3) is 2.45. The molecule has 0 atom stereocenters. The Balaban J connectivity index is 2.33. The zero-order chi connectivity index (χ0) is 17.3. The molecule has 2 heterocycles. The first-order valence-electron chi connectivity index (χ1n) is 8.39. The Bertz CT molecular complexity index is 886. The zero-order valence-electron chi connectivity index (χ0n) is 15.2. The van der Waals surface area contributed by atoms with Crippen LogP contribution in [0.25, 0.3) is 22.4 Å². The second-order valence-corrected chi connectivity index (χ2v) is 5.12. The van der Waals surface area contributed by atoms with Gasteiger partial charge in [-0.05, 0) is 42.6 Å². The molecule has 0 radical (unpaired) electrons. The van der Waals surface area contributed by atoms with Gasteiger partial charge in [-0.3, -0.25) is 4.98 Å². The predicted molar refractivity (Wildman–Crippen MR) is 85.8 cm³/mol. The van der Waals surface area contributed by atoms with Crippen molar-refractivity contribution in [2.24, 2.45) is 7.05 Å². The maximum atomic E-state index is 7.85. The van der Waals surface area contributed by atoms with Gasteiger partial charge in [0, 0.05) is 22.6 Å². The van der Waals surface area contributed by atoms with Crippen molar-refractivity contribution in [2.75, 3.05) is 0 Å². The van der Waals surface area contributed by atoms with Crippen LogP contribution in [-0.2, 0) is 7.05 Å². The van der Waals surface area contributed by atoms with Crippen LogP contribution in [0.3, 0.4) is 0 Å². The molecule has 0 unspecified atom stereocenters. The number of hydrogen-bond donors (Lipinski definition) is 0. The zero-order valence-corrected chi connectivity index (χ0v) is 12.2. The predicted octanol–water partition coefficient (Wildman–Crippen LogP) is 3.86. The summed E-state index contributed by atoms with van der Waals surface area (Å²) in [5.74, 6) is 0. The first kappa shape index (κ1) is 10.3. The van der Waals surface area contributed by atoms with Gasteiger partial charge in [-0.2, -0.15) is 0 Å². The first-order chi connectivity index (χ1) is 11.4. The molecule has 2 heteroatoms. The van der Waals surface area contributed by atoms with Crippen LogP contribution in [0.15, 0.2) is 61.1 Å². The fourth-order valence-electron chi connectivity index (χ4n) is 2.62. The van der Waals surface area contributed by atoms with Crippen LogP contribution in [0.5, 0.6) is 0 Å². The maximum Gasteiger partial charge on any atom is 0.220 e. The van der Waals surface area contributed by atoms with Crippen molar-refractivity contribution in [1.82, 2.24) is 4.98 Å². The molecule has 2 aromatic heterocycles. The van der Waals surface area contributed by atoms with Gasteiger partial charge in [-0.25, -0.2) is 4.57 Å². The van der Waals surface area contributed by atoms with Gasteiger partial charge in [-0.15, -0.1) is 0 Å². The van der Waals surface area contributed by atoms with E-state index in [-0.39, 0.29) is 0 Å². The SMILES string of the molecule is [2H]C([2H])([2H])c1ccccc1-c1ccc[n+](C)c1-c1ccncc1C. The lowest BCUT2D eigenvalue weighted by molar-refractivity contribution is -0.660. The van der Waals surface area contributed by atoms with Gasteiger partial charge in [0.15, 0.2) is 6.20 Å². The third-order valence-corrected chi connectivity index (χ3v) is 3.67. The molecule has 0 amide bonds. The number of pyridine rings is 2. The quantitative estimate of drug-likeness (QED) is 0.650. The molecule has 3 rings (SSSR count). The highest BCUT2D eigenvalue weighted by atomic mass is 14.9. The van der Waals surface area contributed by atoms with Gasteiger partial charge in [0.05, 0.1) is 11.1 Å².